The maximum atomic E-state index is 11.3. The van der Waals surface area contributed by atoms with E-state index in [4.69, 9.17) is 14.0 Å². The molecule has 78 valence electrons. The molecule has 0 aromatic carbocycles. The third-order valence-corrected chi connectivity index (χ3v) is 3.12. The highest BCUT2D eigenvalue weighted by Gasteiger charge is 2.30. The summed E-state index contributed by atoms with van der Waals surface area (Å²) in [5.41, 5.74) is -0.0418. The van der Waals surface area contributed by atoms with Gasteiger partial charge >= 0.3 is 8.03 Å². The van der Waals surface area contributed by atoms with Crippen LogP contribution < -0.4 is 0 Å². The van der Waals surface area contributed by atoms with Crippen molar-refractivity contribution in [3.63, 3.8) is 0 Å². The predicted molar refractivity (Wildman–Crippen MR) is 51.1 cm³/mol. The van der Waals surface area contributed by atoms with E-state index in [0.717, 1.165) is 0 Å². The van der Waals surface area contributed by atoms with Gasteiger partial charge in [0, 0.05) is 20.6 Å². The van der Waals surface area contributed by atoms with Crippen molar-refractivity contribution < 1.29 is 18.6 Å². The fourth-order valence-corrected chi connectivity index (χ4v) is 1.76. The molecule has 5 heteroatoms. The van der Waals surface area contributed by atoms with Crippen LogP contribution in [0.2, 0.25) is 0 Å². The van der Waals surface area contributed by atoms with Gasteiger partial charge in [-0.15, -0.1) is 4.52 Å². The molecule has 0 heterocycles. The van der Waals surface area contributed by atoms with Gasteiger partial charge in [0.15, 0.2) is 11.9 Å². The van der Waals surface area contributed by atoms with Gasteiger partial charge in [-0.3, -0.25) is 0 Å². The van der Waals surface area contributed by atoms with Crippen molar-refractivity contribution in [2.24, 2.45) is 0 Å². The van der Waals surface area contributed by atoms with Gasteiger partial charge in [0.25, 0.3) is 0 Å². The zero-order valence-electron chi connectivity index (χ0n) is 8.65. The van der Waals surface area contributed by atoms with Gasteiger partial charge in [0.05, 0.1) is 6.61 Å². The fraction of sp³-hybridized carbons (Fsp3) is 1.00. The number of hydrogen-bond acceptors (Lipinski definition) is 4. The van der Waals surface area contributed by atoms with Crippen molar-refractivity contribution >= 4 is 8.03 Å². The van der Waals surface area contributed by atoms with E-state index in [1.165, 1.54) is 0 Å². The van der Waals surface area contributed by atoms with Gasteiger partial charge in [-0.25, -0.2) is 0 Å². The van der Waals surface area contributed by atoms with E-state index < -0.39 is 8.03 Å². The Balaban J connectivity index is 3.82. The Kier molecular flexibility index (Phi) is 7.38. The third kappa shape index (κ3) is 5.32. The maximum Gasteiger partial charge on any atom is 0.511 e. The van der Waals surface area contributed by atoms with Gasteiger partial charge < -0.3 is 9.47 Å². The molecule has 0 saturated carbocycles. The minimum Gasteiger partial charge on any atom is -0.356 e. The molecule has 2 unspecified atom stereocenters. The van der Waals surface area contributed by atoms with E-state index in [-0.39, 0.29) is 11.9 Å². The molecule has 0 aromatic heterocycles. The lowest BCUT2D eigenvalue weighted by atomic mass is 10.3. The second-order valence-corrected chi connectivity index (χ2v) is 4.40. The standard InChI is InChI=1S/C8H18O4P/c1-5-12-13(9)7(2)6-8(10-3)11-4/h7-8H,5-6H2,1-4H3/q+1. The molecule has 0 saturated heterocycles. The molecule has 0 aliphatic rings. The van der Waals surface area contributed by atoms with Crippen LogP contribution in [-0.4, -0.2) is 32.8 Å². The lowest BCUT2D eigenvalue weighted by Crippen LogP contribution is -2.18. The monoisotopic (exact) mass is 209 g/mol. The van der Waals surface area contributed by atoms with Crippen LogP contribution in [0.25, 0.3) is 0 Å². The summed E-state index contributed by atoms with van der Waals surface area (Å²) in [7, 11) is 1.53. The first-order chi connectivity index (χ1) is 6.15. The second kappa shape index (κ2) is 7.39. The van der Waals surface area contributed by atoms with Crippen molar-refractivity contribution in [3.8, 4) is 0 Å². The maximum absolute atomic E-state index is 11.3. The van der Waals surface area contributed by atoms with Crippen LogP contribution in [0, 0.1) is 0 Å². The van der Waals surface area contributed by atoms with E-state index in [9.17, 15) is 4.57 Å². The third-order valence-electron chi connectivity index (χ3n) is 1.68. The van der Waals surface area contributed by atoms with Crippen LogP contribution in [0.1, 0.15) is 20.3 Å². The Morgan fingerprint density at radius 3 is 2.23 bits per heavy atom. The Labute approximate surface area is 80.4 Å². The second-order valence-electron chi connectivity index (χ2n) is 2.69. The molecule has 0 aliphatic carbocycles. The summed E-state index contributed by atoms with van der Waals surface area (Å²) in [5, 5.41) is 0. The van der Waals surface area contributed by atoms with Gasteiger partial charge in [-0.2, -0.15) is 0 Å². The summed E-state index contributed by atoms with van der Waals surface area (Å²) in [6.07, 6.45) is 0.289. The SMILES string of the molecule is CCO[P+](=O)C(C)CC(OC)OC. The summed E-state index contributed by atoms with van der Waals surface area (Å²) in [6.45, 7) is 4.16. The van der Waals surface area contributed by atoms with Crippen molar-refractivity contribution in [2.75, 3.05) is 20.8 Å². The summed E-state index contributed by atoms with van der Waals surface area (Å²) >= 11 is 0. The van der Waals surface area contributed by atoms with E-state index in [1.54, 1.807) is 14.2 Å². The summed E-state index contributed by atoms with van der Waals surface area (Å²) in [4.78, 5) is 0. The molecule has 0 fully saturated rings. The predicted octanol–water partition coefficient (Wildman–Crippen LogP) is 2.16. The fourth-order valence-electron chi connectivity index (χ4n) is 0.908. The lowest BCUT2D eigenvalue weighted by Gasteiger charge is -2.12. The first-order valence-corrected chi connectivity index (χ1v) is 5.55. The average molecular weight is 209 g/mol. The zero-order chi connectivity index (χ0) is 10.3. The van der Waals surface area contributed by atoms with Crippen molar-refractivity contribution in [3.05, 3.63) is 0 Å². The molecule has 0 radical (unpaired) electrons. The number of ether oxygens (including phenoxy) is 2. The highest BCUT2D eigenvalue weighted by Crippen LogP contribution is 2.32. The largest absolute Gasteiger partial charge is 0.511 e. The molecule has 0 spiro atoms. The molecule has 0 bridgehead atoms. The van der Waals surface area contributed by atoms with Gasteiger partial charge in [0.2, 0.25) is 0 Å². The van der Waals surface area contributed by atoms with Gasteiger partial charge in [-0.05, 0) is 18.4 Å². The van der Waals surface area contributed by atoms with Crippen LogP contribution in [0.4, 0.5) is 0 Å². The van der Waals surface area contributed by atoms with E-state index >= 15 is 0 Å². The summed E-state index contributed by atoms with van der Waals surface area (Å²) in [6, 6.07) is 0. The van der Waals surface area contributed by atoms with Crippen LogP contribution >= 0.6 is 8.03 Å². The molecule has 0 rings (SSSR count). The molecular weight excluding hydrogens is 191 g/mol. The molecule has 0 aromatic rings. The Morgan fingerprint density at radius 2 is 1.85 bits per heavy atom. The molecule has 4 nitrogen and oxygen atoms in total. The highest BCUT2D eigenvalue weighted by atomic mass is 31.1. The summed E-state index contributed by atoms with van der Waals surface area (Å²) < 4.78 is 26.3. The van der Waals surface area contributed by atoms with Gasteiger partial charge in [-0.1, -0.05) is 0 Å². The number of rotatable bonds is 7. The van der Waals surface area contributed by atoms with Crippen LogP contribution in [0.3, 0.4) is 0 Å². The van der Waals surface area contributed by atoms with E-state index in [2.05, 4.69) is 0 Å². The first kappa shape index (κ1) is 13.0. The molecule has 2 atom stereocenters. The van der Waals surface area contributed by atoms with E-state index in [0.29, 0.717) is 13.0 Å². The zero-order valence-corrected chi connectivity index (χ0v) is 9.54. The van der Waals surface area contributed by atoms with Crippen molar-refractivity contribution in [2.45, 2.75) is 32.2 Å². The van der Waals surface area contributed by atoms with Crippen LogP contribution in [-0.2, 0) is 18.6 Å². The molecular formula is C8H18O4P+. The number of methoxy groups -OCH3 is 2. The molecule has 13 heavy (non-hydrogen) atoms. The summed E-state index contributed by atoms with van der Waals surface area (Å²) in [5.74, 6) is 0. The van der Waals surface area contributed by atoms with Crippen molar-refractivity contribution in [1.82, 2.24) is 0 Å². The molecule has 0 N–H and O–H groups in total. The number of hydrogen-bond donors (Lipinski definition) is 0. The quantitative estimate of drug-likeness (QED) is 0.476. The molecule has 0 aliphatic heterocycles. The lowest BCUT2D eigenvalue weighted by molar-refractivity contribution is -0.106. The average Bonchev–Trinajstić information content (AvgIpc) is 2.14. The van der Waals surface area contributed by atoms with Crippen LogP contribution in [0.15, 0.2) is 0 Å². The first-order valence-electron chi connectivity index (χ1n) is 4.30. The van der Waals surface area contributed by atoms with Crippen molar-refractivity contribution in [1.29, 1.82) is 0 Å². The van der Waals surface area contributed by atoms with Crippen LogP contribution in [0.5, 0.6) is 0 Å². The topological polar surface area (TPSA) is 44.8 Å². The normalized spacial score (nSPS) is 14.7. The smallest absolute Gasteiger partial charge is 0.356 e. The Hall–Kier alpha value is -0.0200. The highest BCUT2D eigenvalue weighted by molar-refractivity contribution is 7.40. The minimum absolute atomic E-state index is 0.0418. The van der Waals surface area contributed by atoms with Gasteiger partial charge in [0.1, 0.15) is 0 Å². The minimum atomic E-state index is -1.60. The molecule has 0 amide bonds. The Morgan fingerprint density at radius 1 is 1.31 bits per heavy atom. The Bertz CT molecular complexity index is 147. The van der Waals surface area contributed by atoms with E-state index in [1.807, 2.05) is 13.8 Å².